The molecule has 0 saturated carbocycles. The lowest BCUT2D eigenvalue weighted by Crippen LogP contribution is -2.53. The van der Waals surface area contributed by atoms with Gasteiger partial charge in [0.2, 0.25) is 0 Å². The predicted octanol–water partition coefficient (Wildman–Crippen LogP) is 1.37. The lowest BCUT2D eigenvalue weighted by molar-refractivity contribution is 0.435. The maximum Gasteiger partial charge on any atom is 0.132 e. The van der Waals surface area contributed by atoms with Gasteiger partial charge in [-0.15, -0.1) is 0 Å². The van der Waals surface area contributed by atoms with E-state index in [0.717, 1.165) is 26.1 Å². The van der Waals surface area contributed by atoms with Crippen molar-refractivity contribution in [2.45, 2.75) is 32.2 Å². The van der Waals surface area contributed by atoms with Crippen LogP contribution in [0.1, 0.15) is 24.5 Å². The van der Waals surface area contributed by atoms with E-state index in [4.69, 9.17) is 0 Å². The largest absolute Gasteiger partial charge is 0.351 e. The van der Waals surface area contributed by atoms with E-state index in [1.165, 1.54) is 29.8 Å². The van der Waals surface area contributed by atoms with E-state index in [1.54, 1.807) is 0 Å². The number of nitrogens with zero attached hydrogens (tertiary/aromatic N) is 2. The number of aryl methyl sites for hydroxylation is 1. The zero-order valence-corrected chi connectivity index (χ0v) is 9.87. The summed E-state index contributed by atoms with van der Waals surface area (Å²) in [6.45, 7) is 5.56. The van der Waals surface area contributed by atoms with Gasteiger partial charge in [-0.25, -0.2) is 4.98 Å². The van der Waals surface area contributed by atoms with E-state index in [0.29, 0.717) is 6.04 Å². The van der Waals surface area contributed by atoms with E-state index < -0.39 is 0 Å². The summed E-state index contributed by atoms with van der Waals surface area (Å²) in [7, 11) is 0. The minimum Gasteiger partial charge on any atom is -0.351 e. The van der Waals surface area contributed by atoms with Crippen molar-refractivity contribution in [3.8, 4) is 0 Å². The Bertz CT molecular complexity index is 389. The second-order valence-electron chi connectivity index (χ2n) is 4.72. The second kappa shape index (κ2) is 4.06. The van der Waals surface area contributed by atoms with Crippen molar-refractivity contribution in [3.05, 3.63) is 23.4 Å². The van der Waals surface area contributed by atoms with Crippen molar-refractivity contribution in [1.29, 1.82) is 0 Å². The van der Waals surface area contributed by atoms with Gasteiger partial charge < -0.3 is 10.2 Å². The molecule has 86 valence electrons. The summed E-state index contributed by atoms with van der Waals surface area (Å²) < 4.78 is 0. The zero-order chi connectivity index (χ0) is 11.0. The smallest absolute Gasteiger partial charge is 0.132 e. The molecular weight excluding hydrogens is 198 g/mol. The van der Waals surface area contributed by atoms with Gasteiger partial charge in [-0.1, -0.05) is 6.92 Å². The predicted molar refractivity (Wildman–Crippen MR) is 65.9 cm³/mol. The molecule has 0 amide bonds. The molecular formula is C13H19N3. The first-order valence-electron chi connectivity index (χ1n) is 6.34. The Kier molecular flexibility index (Phi) is 2.56. The second-order valence-corrected chi connectivity index (χ2v) is 4.72. The first kappa shape index (κ1) is 10.1. The molecule has 0 unspecified atom stereocenters. The van der Waals surface area contributed by atoms with E-state index in [2.05, 4.69) is 28.2 Å². The van der Waals surface area contributed by atoms with Crippen LogP contribution in [0.4, 0.5) is 5.82 Å². The van der Waals surface area contributed by atoms with Gasteiger partial charge in [0, 0.05) is 31.9 Å². The van der Waals surface area contributed by atoms with Gasteiger partial charge in [-0.2, -0.15) is 0 Å². The molecule has 0 aliphatic carbocycles. The molecule has 3 nitrogen and oxygen atoms in total. The molecule has 1 aromatic rings. The molecule has 16 heavy (non-hydrogen) atoms. The number of hydrogen-bond acceptors (Lipinski definition) is 3. The summed E-state index contributed by atoms with van der Waals surface area (Å²) >= 11 is 0. The van der Waals surface area contributed by atoms with Crippen LogP contribution < -0.4 is 10.2 Å². The van der Waals surface area contributed by atoms with Crippen molar-refractivity contribution < 1.29 is 0 Å². The Labute approximate surface area is 96.9 Å². The highest BCUT2D eigenvalue weighted by atomic mass is 15.3. The molecule has 3 heterocycles. The normalized spacial score (nSPS) is 23.8. The fraction of sp³-hybridized carbons (Fsp3) is 0.615. The number of rotatable bonds is 1. The standard InChI is InChI=1S/C13H19N3/c1-2-10-5-6-15-13-12(10)4-3-11-9-14-7-8-16(11)13/h5-6,11,14H,2-4,7-9H2,1H3/t11-/m1/s1. The summed E-state index contributed by atoms with van der Waals surface area (Å²) in [5.74, 6) is 1.26. The average molecular weight is 217 g/mol. The molecule has 0 bridgehead atoms. The maximum absolute atomic E-state index is 4.61. The summed E-state index contributed by atoms with van der Waals surface area (Å²) in [6, 6.07) is 2.85. The average Bonchev–Trinajstić information content (AvgIpc) is 2.37. The number of hydrogen-bond donors (Lipinski definition) is 1. The Morgan fingerprint density at radius 3 is 3.38 bits per heavy atom. The third-order valence-corrected chi connectivity index (χ3v) is 3.86. The molecule has 3 heteroatoms. The van der Waals surface area contributed by atoms with Crippen LogP contribution in [0.5, 0.6) is 0 Å². The van der Waals surface area contributed by atoms with Crippen LogP contribution in [0.25, 0.3) is 0 Å². The van der Waals surface area contributed by atoms with Crippen molar-refractivity contribution in [3.63, 3.8) is 0 Å². The quantitative estimate of drug-likeness (QED) is 0.770. The lowest BCUT2D eigenvalue weighted by Gasteiger charge is -2.41. The van der Waals surface area contributed by atoms with Crippen LogP contribution >= 0.6 is 0 Å². The van der Waals surface area contributed by atoms with Crippen LogP contribution in [0.2, 0.25) is 0 Å². The Morgan fingerprint density at radius 2 is 2.50 bits per heavy atom. The Morgan fingerprint density at radius 1 is 1.56 bits per heavy atom. The first-order valence-corrected chi connectivity index (χ1v) is 6.34. The van der Waals surface area contributed by atoms with Crippen LogP contribution in [-0.4, -0.2) is 30.7 Å². The molecule has 1 N–H and O–H groups in total. The number of piperazine rings is 1. The topological polar surface area (TPSA) is 28.2 Å². The van der Waals surface area contributed by atoms with Gasteiger partial charge in [-0.05, 0) is 36.5 Å². The Balaban J connectivity index is 2.01. The van der Waals surface area contributed by atoms with Crippen molar-refractivity contribution in [2.75, 3.05) is 24.5 Å². The minimum atomic E-state index is 0.667. The van der Waals surface area contributed by atoms with Gasteiger partial charge in [0.05, 0.1) is 0 Å². The van der Waals surface area contributed by atoms with Gasteiger partial charge in [0.25, 0.3) is 0 Å². The third kappa shape index (κ3) is 1.50. The van der Waals surface area contributed by atoms with Crippen molar-refractivity contribution in [2.24, 2.45) is 0 Å². The lowest BCUT2D eigenvalue weighted by atomic mass is 9.93. The molecule has 1 fully saturated rings. The first-order chi connectivity index (χ1) is 7.90. The highest BCUT2D eigenvalue weighted by Crippen LogP contribution is 2.31. The highest BCUT2D eigenvalue weighted by molar-refractivity contribution is 5.54. The summed E-state index contributed by atoms with van der Waals surface area (Å²) in [6.07, 6.45) is 5.58. The molecule has 0 aromatic carbocycles. The zero-order valence-electron chi connectivity index (χ0n) is 9.87. The van der Waals surface area contributed by atoms with E-state index >= 15 is 0 Å². The molecule has 0 spiro atoms. The van der Waals surface area contributed by atoms with Crippen LogP contribution in [0.15, 0.2) is 12.3 Å². The molecule has 1 aromatic heterocycles. The van der Waals surface area contributed by atoms with Crippen LogP contribution in [-0.2, 0) is 12.8 Å². The number of nitrogens with one attached hydrogen (secondary N) is 1. The van der Waals surface area contributed by atoms with E-state index in [1.807, 2.05) is 6.20 Å². The molecule has 3 rings (SSSR count). The fourth-order valence-electron chi connectivity index (χ4n) is 2.98. The third-order valence-electron chi connectivity index (χ3n) is 3.86. The SMILES string of the molecule is CCc1ccnc2c1CC[C@@H]1CNCCN21. The Hall–Kier alpha value is -1.09. The van der Waals surface area contributed by atoms with Gasteiger partial charge in [0.15, 0.2) is 0 Å². The fourth-order valence-corrected chi connectivity index (χ4v) is 2.98. The maximum atomic E-state index is 4.61. The van der Waals surface area contributed by atoms with E-state index in [9.17, 15) is 0 Å². The van der Waals surface area contributed by atoms with Crippen LogP contribution in [0, 0.1) is 0 Å². The summed E-state index contributed by atoms with van der Waals surface area (Å²) in [4.78, 5) is 7.12. The van der Waals surface area contributed by atoms with Crippen molar-refractivity contribution in [1.82, 2.24) is 10.3 Å². The van der Waals surface area contributed by atoms with Gasteiger partial charge in [-0.3, -0.25) is 0 Å². The monoisotopic (exact) mass is 217 g/mol. The highest BCUT2D eigenvalue weighted by Gasteiger charge is 2.29. The minimum absolute atomic E-state index is 0.667. The number of aromatic nitrogens is 1. The molecule has 0 radical (unpaired) electrons. The molecule has 1 saturated heterocycles. The van der Waals surface area contributed by atoms with Crippen LogP contribution in [0.3, 0.4) is 0 Å². The molecule has 2 aliphatic rings. The molecule has 1 atom stereocenters. The van der Waals surface area contributed by atoms with Gasteiger partial charge in [0.1, 0.15) is 5.82 Å². The number of pyridine rings is 1. The molecule has 2 aliphatic heterocycles. The number of anilines is 1. The summed E-state index contributed by atoms with van der Waals surface area (Å²) in [5.41, 5.74) is 2.99. The van der Waals surface area contributed by atoms with Gasteiger partial charge >= 0.3 is 0 Å². The number of fused-ring (bicyclic) bond motifs is 3. The van der Waals surface area contributed by atoms with Crippen molar-refractivity contribution >= 4 is 5.82 Å². The summed E-state index contributed by atoms with van der Waals surface area (Å²) in [5, 5.41) is 3.47. The van der Waals surface area contributed by atoms with E-state index in [-0.39, 0.29) is 0 Å².